The molecule has 1 aromatic rings. The summed E-state index contributed by atoms with van der Waals surface area (Å²) in [5.74, 6) is 0.636. The second-order valence-corrected chi connectivity index (χ2v) is 4.77. The Balaban J connectivity index is 3.10. The van der Waals surface area contributed by atoms with E-state index in [0.29, 0.717) is 25.1 Å². The molecule has 0 aliphatic carbocycles. The van der Waals surface area contributed by atoms with Gasteiger partial charge in [-0.2, -0.15) is 0 Å². The number of aromatic nitrogens is 2. The smallest absolute Gasteiger partial charge is 0.246 e. The second kappa shape index (κ2) is 8.04. The molecule has 1 N–H and O–H groups in total. The lowest BCUT2D eigenvalue weighted by Gasteiger charge is -2.10. The number of imidazole rings is 1. The average Bonchev–Trinajstić information content (AvgIpc) is 2.76. The summed E-state index contributed by atoms with van der Waals surface area (Å²) in [6.45, 7) is 17.6. The highest BCUT2D eigenvalue weighted by atomic mass is 16.1. The Labute approximate surface area is 126 Å². The molecule has 0 atom stereocenters. The van der Waals surface area contributed by atoms with Crippen LogP contribution in [0.25, 0.3) is 0 Å². The van der Waals surface area contributed by atoms with Crippen molar-refractivity contribution in [1.82, 2.24) is 14.9 Å². The fraction of sp³-hybridized carbons (Fsp3) is 0.294. The van der Waals surface area contributed by atoms with Crippen molar-refractivity contribution in [3.05, 3.63) is 67.3 Å². The molecular formula is C17H23N3O. The minimum Gasteiger partial charge on any atom is -0.345 e. The lowest BCUT2D eigenvalue weighted by molar-refractivity contribution is -0.117. The Bertz CT molecular complexity index is 567. The lowest BCUT2D eigenvalue weighted by atomic mass is 10.2. The largest absolute Gasteiger partial charge is 0.345 e. The van der Waals surface area contributed by atoms with Gasteiger partial charge in [0.25, 0.3) is 0 Å². The van der Waals surface area contributed by atoms with Gasteiger partial charge in [0.15, 0.2) is 0 Å². The topological polar surface area (TPSA) is 46.9 Å². The highest BCUT2D eigenvalue weighted by Crippen LogP contribution is 2.15. The molecule has 1 rings (SSSR count). The monoisotopic (exact) mass is 285 g/mol. The summed E-state index contributed by atoms with van der Waals surface area (Å²) < 4.78 is 2.06. The molecule has 0 unspecified atom stereocenters. The van der Waals surface area contributed by atoms with Crippen molar-refractivity contribution < 1.29 is 4.79 Å². The average molecular weight is 285 g/mol. The van der Waals surface area contributed by atoms with E-state index >= 15 is 0 Å². The summed E-state index contributed by atoms with van der Waals surface area (Å²) in [5.41, 5.74) is 2.53. The molecule has 0 aliphatic heterocycles. The molecule has 0 saturated heterocycles. The molecule has 21 heavy (non-hydrogen) atoms. The molecule has 1 heterocycles. The van der Waals surface area contributed by atoms with Gasteiger partial charge >= 0.3 is 0 Å². The van der Waals surface area contributed by atoms with Gasteiger partial charge in [-0.25, -0.2) is 4.98 Å². The fourth-order valence-corrected chi connectivity index (χ4v) is 2.05. The van der Waals surface area contributed by atoms with Crippen LogP contribution in [0.1, 0.15) is 24.1 Å². The molecule has 0 saturated carbocycles. The molecule has 0 bridgehead atoms. The summed E-state index contributed by atoms with van der Waals surface area (Å²) in [5, 5.41) is 2.81. The summed E-state index contributed by atoms with van der Waals surface area (Å²) >= 11 is 0. The van der Waals surface area contributed by atoms with Crippen LogP contribution in [0.15, 0.2) is 50.1 Å². The van der Waals surface area contributed by atoms with Crippen LogP contribution in [0.3, 0.4) is 0 Å². The first-order chi connectivity index (χ1) is 10.0. The summed E-state index contributed by atoms with van der Waals surface area (Å²) in [4.78, 5) is 16.2. The van der Waals surface area contributed by atoms with Crippen LogP contribution in [0.5, 0.6) is 0 Å². The van der Waals surface area contributed by atoms with Crippen LogP contribution in [-0.4, -0.2) is 15.5 Å². The zero-order valence-corrected chi connectivity index (χ0v) is 12.7. The van der Waals surface area contributed by atoms with Gasteiger partial charge in [-0.3, -0.25) is 4.79 Å². The number of nitrogens with one attached hydrogen (secondary N) is 1. The first kappa shape index (κ1) is 16.7. The van der Waals surface area contributed by atoms with E-state index < -0.39 is 0 Å². The maximum absolute atomic E-state index is 11.6. The molecule has 0 aromatic carbocycles. The minimum atomic E-state index is -0.168. The quantitative estimate of drug-likeness (QED) is 0.560. The van der Waals surface area contributed by atoms with Crippen LogP contribution < -0.4 is 5.32 Å². The van der Waals surface area contributed by atoms with Crippen molar-refractivity contribution in [3.8, 4) is 0 Å². The lowest BCUT2D eigenvalue weighted by Crippen LogP contribution is -2.25. The maximum Gasteiger partial charge on any atom is 0.246 e. The number of hydrogen-bond acceptors (Lipinski definition) is 2. The van der Waals surface area contributed by atoms with Crippen molar-refractivity contribution in [2.45, 2.75) is 32.9 Å². The van der Waals surface area contributed by atoms with Gasteiger partial charge in [0.2, 0.25) is 5.91 Å². The second-order valence-electron chi connectivity index (χ2n) is 4.77. The van der Waals surface area contributed by atoms with Crippen LogP contribution in [0.2, 0.25) is 0 Å². The molecule has 0 spiro atoms. The molecule has 0 radical (unpaired) electrons. The first-order valence-electron chi connectivity index (χ1n) is 6.88. The molecule has 4 nitrogen and oxygen atoms in total. The van der Waals surface area contributed by atoms with Crippen molar-refractivity contribution in [2.75, 3.05) is 0 Å². The SMILES string of the molecule is C=CCc1nc(CNC(=O)C(=C)C)n(CC=C)c1CC=C. The normalized spacial score (nSPS) is 9.95. The minimum absolute atomic E-state index is 0.168. The Morgan fingerprint density at radius 3 is 2.43 bits per heavy atom. The molecule has 112 valence electrons. The van der Waals surface area contributed by atoms with Gasteiger partial charge in [0.05, 0.1) is 12.2 Å². The number of nitrogens with zero attached hydrogens (tertiary/aromatic N) is 2. The van der Waals surface area contributed by atoms with Crippen molar-refractivity contribution >= 4 is 5.91 Å². The van der Waals surface area contributed by atoms with Gasteiger partial charge in [-0.05, 0) is 6.92 Å². The third kappa shape index (κ3) is 4.31. The van der Waals surface area contributed by atoms with Crippen molar-refractivity contribution in [1.29, 1.82) is 0 Å². The molecule has 0 fully saturated rings. The Morgan fingerprint density at radius 2 is 1.90 bits per heavy atom. The number of allylic oxidation sites excluding steroid dienone is 3. The highest BCUT2D eigenvalue weighted by Gasteiger charge is 2.15. The fourth-order valence-electron chi connectivity index (χ4n) is 2.05. The Kier molecular flexibility index (Phi) is 6.40. The van der Waals surface area contributed by atoms with Gasteiger partial charge in [-0.1, -0.05) is 24.8 Å². The Hall–Kier alpha value is -2.36. The number of amides is 1. The van der Waals surface area contributed by atoms with E-state index in [1.807, 2.05) is 18.2 Å². The van der Waals surface area contributed by atoms with E-state index in [1.54, 1.807) is 6.92 Å². The standard InChI is InChI=1S/C17H23N3O/c1-6-9-14-15(10-7-2)20(11-8-3)16(19-14)12-18-17(21)13(4)5/h6-8H,1-4,9-12H2,5H3,(H,18,21). The van der Waals surface area contributed by atoms with Gasteiger partial charge in [-0.15, -0.1) is 19.7 Å². The predicted molar refractivity (Wildman–Crippen MR) is 86.9 cm³/mol. The zero-order valence-electron chi connectivity index (χ0n) is 12.7. The van der Waals surface area contributed by atoms with Crippen LogP contribution >= 0.6 is 0 Å². The van der Waals surface area contributed by atoms with Crippen molar-refractivity contribution in [3.63, 3.8) is 0 Å². The molecule has 0 aliphatic rings. The Morgan fingerprint density at radius 1 is 1.24 bits per heavy atom. The number of rotatable bonds is 9. The molecule has 1 amide bonds. The van der Waals surface area contributed by atoms with Gasteiger partial charge in [0, 0.05) is 30.7 Å². The van der Waals surface area contributed by atoms with E-state index in [-0.39, 0.29) is 5.91 Å². The first-order valence-corrected chi connectivity index (χ1v) is 6.88. The molecule has 4 heteroatoms. The van der Waals surface area contributed by atoms with E-state index in [1.165, 1.54) is 0 Å². The molecule has 1 aromatic heterocycles. The number of carbonyl (C=O) groups excluding carboxylic acids is 1. The van der Waals surface area contributed by atoms with Gasteiger partial charge < -0.3 is 9.88 Å². The van der Waals surface area contributed by atoms with E-state index in [2.05, 4.69) is 41.2 Å². The van der Waals surface area contributed by atoms with Crippen LogP contribution in [-0.2, 0) is 30.7 Å². The summed E-state index contributed by atoms with van der Waals surface area (Å²) in [6, 6.07) is 0. The maximum atomic E-state index is 11.6. The van der Waals surface area contributed by atoms with Crippen molar-refractivity contribution in [2.24, 2.45) is 0 Å². The number of hydrogen-bond donors (Lipinski definition) is 1. The van der Waals surface area contributed by atoms with Crippen LogP contribution in [0, 0.1) is 0 Å². The molecular weight excluding hydrogens is 262 g/mol. The third-order valence-electron chi connectivity index (χ3n) is 3.02. The third-order valence-corrected chi connectivity index (χ3v) is 3.02. The van der Waals surface area contributed by atoms with Gasteiger partial charge in [0.1, 0.15) is 5.82 Å². The van der Waals surface area contributed by atoms with E-state index in [9.17, 15) is 4.79 Å². The van der Waals surface area contributed by atoms with E-state index in [0.717, 1.165) is 23.6 Å². The van der Waals surface area contributed by atoms with Crippen LogP contribution in [0.4, 0.5) is 0 Å². The predicted octanol–water partition coefficient (Wildman–Crippen LogP) is 2.72. The van der Waals surface area contributed by atoms with E-state index in [4.69, 9.17) is 0 Å². The summed E-state index contributed by atoms with van der Waals surface area (Å²) in [6.07, 6.45) is 6.89. The number of carbonyl (C=O) groups is 1. The highest BCUT2D eigenvalue weighted by molar-refractivity contribution is 5.91. The zero-order chi connectivity index (χ0) is 15.8. The summed E-state index contributed by atoms with van der Waals surface area (Å²) in [7, 11) is 0.